The van der Waals surface area contributed by atoms with Crippen molar-refractivity contribution in [2.75, 3.05) is 6.61 Å². The molecule has 0 heterocycles. The number of unbranched alkanes of at least 4 members (excludes halogenated alkanes) is 1. The maximum atomic E-state index is 6.16. The zero-order chi connectivity index (χ0) is 10.3. The molecule has 0 aromatic carbocycles. The van der Waals surface area contributed by atoms with Gasteiger partial charge in [0.25, 0.3) is 0 Å². The smallest absolute Gasteiger partial charge is 0.0631 e. The molecule has 0 aromatic heterocycles. The number of hydrogen-bond donors (Lipinski definition) is 0. The molecule has 86 valence electrons. The van der Waals surface area contributed by atoms with Gasteiger partial charge >= 0.3 is 0 Å². The largest absolute Gasteiger partial charge is 0.378 e. The van der Waals surface area contributed by atoms with Crippen LogP contribution in [0.2, 0.25) is 0 Å². The lowest BCUT2D eigenvalue weighted by Gasteiger charge is -2.54. The lowest BCUT2D eigenvalue weighted by molar-refractivity contribution is -0.126. The molecule has 0 radical (unpaired) electrons. The average Bonchev–Trinajstić information content (AvgIpc) is 2.21. The Morgan fingerprint density at radius 1 is 0.933 bits per heavy atom. The fourth-order valence-electron chi connectivity index (χ4n) is 4.51. The molecule has 0 aliphatic heterocycles. The van der Waals surface area contributed by atoms with Gasteiger partial charge in [0.15, 0.2) is 0 Å². The van der Waals surface area contributed by atoms with E-state index in [-0.39, 0.29) is 0 Å². The fourth-order valence-corrected chi connectivity index (χ4v) is 4.51. The van der Waals surface area contributed by atoms with E-state index in [4.69, 9.17) is 4.74 Å². The Hall–Kier alpha value is -0.0400. The molecule has 4 fully saturated rings. The second-order valence-electron chi connectivity index (χ2n) is 6.12. The third-order valence-corrected chi connectivity index (χ3v) is 4.95. The summed E-state index contributed by atoms with van der Waals surface area (Å²) in [6.45, 7) is 3.27. The van der Waals surface area contributed by atoms with Gasteiger partial charge in [-0.05, 0) is 62.2 Å². The summed E-state index contributed by atoms with van der Waals surface area (Å²) in [6.07, 6.45) is 10.7. The summed E-state index contributed by atoms with van der Waals surface area (Å²) in [5.41, 5.74) is 0. The maximum absolute atomic E-state index is 6.16. The molecule has 4 aliphatic carbocycles. The minimum Gasteiger partial charge on any atom is -0.378 e. The summed E-state index contributed by atoms with van der Waals surface area (Å²) in [4.78, 5) is 0. The van der Waals surface area contributed by atoms with Gasteiger partial charge in [-0.2, -0.15) is 0 Å². The second-order valence-corrected chi connectivity index (χ2v) is 6.12. The van der Waals surface area contributed by atoms with Crippen molar-refractivity contribution in [3.63, 3.8) is 0 Å². The third-order valence-electron chi connectivity index (χ3n) is 4.95. The van der Waals surface area contributed by atoms with Crippen LogP contribution in [-0.4, -0.2) is 12.7 Å². The number of rotatable bonds is 4. The van der Waals surface area contributed by atoms with Gasteiger partial charge in [0.05, 0.1) is 6.10 Å². The van der Waals surface area contributed by atoms with Gasteiger partial charge in [0.2, 0.25) is 0 Å². The highest BCUT2D eigenvalue weighted by molar-refractivity contribution is 4.98. The van der Waals surface area contributed by atoms with Crippen molar-refractivity contribution in [2.45, 2.75) is 58.0 Å². The first-order valence-corrected chi connectivity index (χ1v) is 6.98. The van der Waals surface area contributed by atoms with Crippen LogP contribution in [-0.2, 0) is 4.74 Å². The normalized spacial score (nSPS) is 47.4. The molecule has 4 rings (SSSR count). The molecule has 0 atom stereocenters. The molecular formula is C14H24O. The molecule has 0 N–H and O–H groups in total. The topological polar surface area (TPSA) is 9.23 Å². The van der Waals surface area contributed by atoms with Crippen molar-refractivity contribution >= 4 is 0 Å². The third kappa shape index (κ3) is 1.84. The van der Waals surface area contributed by atoms with Crippen LogP contribution in [0.5, 0.6) is 0 Å². The molecule has 4 saturated carbocycles. The van der Waals surface area contributed by atoms with Crippen molar-refractivity contribution in [2.24, 2.45) is 23.7 Å². The van der Waals surface area contributed by atoms with Crippen molar-refractivity contribution < 1.29 is 4.74 Å². The van der Waals surface area contributed by atoms with Crippen LogP contribution in [0.1, 0.15) is 51.9 Å². The second kappa shape index (κ2) is 4.08. The summed E-state index contributed by atoms with van der Waals surface area (Å²) < 4.78 is 6.16. The molecule has 0 amide bonds. The monoisotopic (exact) mass is 208 g/mol. The van der Waals surface area contributed by atoms with E-state index in [1.54, 1.807) is 6.42 Å². The Kier molecular flexibility index (Phi) is 2.76. The van der Waals surface area contributed by atoms with Gasteiger partial charge in [-0.15, -0.1) is 0 Å². The van der Waals surface area contributed by atoms with Crippen LogP contribution in [0.25, 0.3) is 0 Å². The summed E-state index contributed by atoms with van der Waals surface area (Å²) in [7, 11) is 0. The fraction of sp³-hybridized carbons (Fsp3) is 1.00. The van der Waals surface area contributed by atoms with E-state index < -0.39 is 0 Å². The van der Waals surface area contributed by atoms with Crippen molar-refractivity contribution in [3.8, 4) is 0 Å². The van der Waals surface area contributed by atoms with Crippen LogP contribution in [0, 0.1) is 23.7 Å². The average molecular weight is 208 g/mol. The zero-order valence-corrected chi connectivity index (χ0v) is 9.95. The van der Waals surface area contributed by atoms with Crippen LogP contribution < -0.4 is 0 Å². The van der Waals surface area contributed by atoms with E-state index in [1.165, 1.54) is 38.5 Å². The molecular weight excluding hydrogens is 184 g/mol. The van der Waals surface area contributed by atoms with Crippen LogP contribution in [0.15, 0.2) is 0 Å². The lowest BCUT2D eigenvalue weighted by Crippen LogP contribution is -2.49. The Morgan fingerprint density at radius 2 is 1.53 bits per heavy atom. The minimum absolute atomic E-state index is 0.657. The van der Waals surface area contributed by atoms with Gasteiger partial charge in [-0.25, -0.2) is 0 Å². The standard InChI is InChI=1S/C14H24O/c1-2-3-4-15-14-12-6-10-5-11(8-12)9-13(14)7-10/h10-14H,2-9H2,1H3. The Morgan fingerprint density at radius 3 is 2.07 bits per heavy atom. The Bertz CT molecular complexity index is 195. The zero-order valence-electron chi connectivity index (χ0n) is 9.95. The van der Waals surface area contributed by atoms with Crippen LogP contribution >= 0.6 is 0 Å². The van der Waals surface area contributed by atoms with E-state index in [9.17, 15) is 0 Å². The van der Waals surface area contributed by atoms with E-state index in [0.29, 0.717) is 6.10 Å². The predicted octanol–water partition coefficient (Wildman–Crippen LogP) is 3.63. The predicted molar refractivity (Wildman–Crippen MR) is 61.7 cm³/mol. The van der Waals surface area contributed by atoms with Gasteiger partial charge in [0, 0.05) is 6.61 Å². The molecule has 1 nitrogen and oxygen atoms in total. The van der Waals surface area contributed by atoms with Gasteiger partial charge in [-0.3, -0.25) is 0 Å². The highest BCUT2D eigenvalue weighted by atomic mass is 16.5. The van der Waals surface area contributed by atoms with Crippen LogP contribution in [0.3, 0.4) is 0 Å². The molecule has 1 heteroatoms. The number of hydrogen-bond acceptors (Lipinski definition) is 1. The highest BCUT2D eigenvalue weighted by Crippen LogP contribution is 2.54. The molecule has 0 unspecified atom stereocenters. The molecule has 4 bridgehead atoms. The molecule has 0 saturated heterocycles. The summed E-state index contributed by atoms with van der Waals surface area (Å²) in [5.74, 6) is 4.05. The first-order chi connectivity index (χ1) is 7.36. The highest BCUT2D eigenvalue weighted by Gasteiger charge is 2.48. The summed E-state index contributed by atoms with van der Waals surface area (Å²) in [6, 6.07) is 0. The molecule has 0 aromatic rings. The summed E-state index contributed by atoms with van der Waals surface area (Å²) in [5, 5.41) is 0. The summed E-state index contributed by atoms with van der Waals surface area (Å²) >= 11 is 0. The van der Waals surface area contributed by atoms with E-state index >= 15 is 0 Å². The maximum Gasteiger partial charge on any atom is 0.0631 e. The lowest BCUT2D eigenvalue weighted by atomic mass is 9.55. The first-order valence-electron chi connectivity index (χ1n) is 6.98. The molecule has 4 aliphatic rings. The van der Waals surface area contributed by atoms with Crippen LogP contribution in [0.4, 0.5) is 0 Å². The Labute approximate surface area is 93.6 Å². The van der Waals surface area contributed by atoms with E-state index in [2.05, 4.69) is 6.92 Å². The number of ether oxygens (including phenoxy) is 1. The van der Waals surface area contributed by atoms with Crippen molar-refractivity contribution in [1.29, 1.82) is 0 Å². The van der Waals surface area contributed by atoms with Gasteiger partial charge < -0.3 is 4.74 Å². The first kappa shape index (κ1) is 10.1. The van der Waals surface area contributed by atoms with E-state index in [0.717, 1.165) is 30.3 Å². The Balaban J connectivity index is 1.60. The van der Waals surface area contributed by atoms with Crippen molar-refractivity contribution in [3.05, 3.63) is 0 Å². The quantitative estimate of drug-likeness (QED) is 0.641. The van der Waals surface area contributed by atoms with E-state index in [1.807, 2.05) is 0 Å². The molecule has 15 heavy (non-hydrogen) atoms. The van der Waals surface area contributed by atoms with Gasteiger partial charge in [0.1, 0.15) is 0 Å². The minimum atomic E-state index is 0.657. The SMILES string of the molecule is CCCCOC1C2CC3CC(C2)CC1C3. The van der Waals surface area contributed by atoms with Crippen molar-refractivity contribution in [1.82, 2.24) is 0 Å². The van der Waals surface area contributed by atoms with Gasteiger partial charge in [-0.1, -0.05) is 13.3 Å². The molecule has 0 spiro atoms.